The fourth-order valence-electron chi connectivity index (χ4n) is 3.96. The van der Waals surface area contributed by atoms with Crippen LogP contribution in [-0.4, -0.2) is 26.2 Å². The van der Waals surface area contributed by atoms with Crippen molar-refractivity contribution in [3.8, 4) is 5.75 Å². The van der Waals surface area contributed by atoms with Gasteiger partial charge in [-0.1, -0.05) is 19.1 Å². The monoisotopic (exact) mass is 509 g/mol. The Kier molecular flexibility index (Phi) is 7.32. The van der Waals surface area contributed by atoms with E-state index in [0.717, 1.165) is 20.8 Å². The van der Waals surface area contributed by atoms with E-state index < -0.39 is 28.6 Å². The predicted octanol–water partition coefficient (Wildman–Crippen LogP) is 3.09. The highest BCUT2D eigenvalue weighted by atomic mass is 19.2. The normalized spacial score (nSPS) is 10.9. The minimum absolute atomic E-state index is 0.0677. The molecule has 0 amide bonds. The van der Waals surface area contributed by atoms with Crippen LogP contribution in [0, 0.1) is 18.6 Å². The Bertz CT molecular complexity index is 1620. The van der Waals surface area contributed by atoms with Gasteiger partial charge in [-0.2, -0.15) is 4.98 Å². The summed E-state index contributed by atoms with van der Waals surface area (Å²) in [6, 6.07) is 10.7. The van der Waals surface area contributed by atoms with Gasteiger partial charge in [0.05, 0.1) is 20.2 Å². The van der Waals surface area contributed by atoms with Crippen LogP contribution in [0.3, 0.4) is 0 Å². The third-order valence-corrected chi connectivity index (χ3v) is 5.93. The Morgan fingerprint density at radius 1 is 1.03 bits per heavy atom. The van der Waals surface area contributed by atoms with Gasteiger partial charge in [-0.15, -0.1) is 0 Å². The largest absolute Gasteiger partial charge is 0.497 e. The van der Waals surface area contributed by atoms with E-state index in [0.29, 0.717) is 17.9 Å². The predicted molar refractivity (Wildman–Crippen MR) is 135 cm³/mol. The van der Waals surface area contributed by atoms with Gasteiger partial charge in [0.25, 0.3) is 5.56 Å². The van der Waals surface area contributed by atoms with E-state index in [1.165, 1.54) is 25.3 Å². The zero-order valence-electron chi connectivity index (χ0n) is 20.5. The number of nitrogens with zero attached hydrogens (tertiary/aromatic N) is 3. The van der Waals surface area contributed by atoms with Crippen molar-refractivity contribution in [1.82, 2.24) is 19.1 Å². The van der Waals surface area contributed by atoms with E-state index in [1.807, 2.05) is 13.0 Å². The van der Waals surface area contributed by atoms with Crippen molar-refractivity contribution >= 4 is 11.6 Å². The van der Waals surface area contributed by atoms with Crippen molar-refractivity contribution in [3.63, 3.8) is 0 Å². The molecule has 4 aromatic rings. The van der Waals surface area contributed by atoms with Crippen LogP contribution in [0.1, 0.15) is 29.2 Å². The average Bonchev–Trinajstić information content (AvgIpc) is 2.88. The molecule has 192 valence electrons. The molecule has 2 aromatic carbocycles. The molecule has 0 unspecified atom stereocenters. The number of anilines is 2. The molecule has 0 aliphatic rings. The lowest BCUT2D eigenvalue weighted by Crippen LogP contribution is -2.43. The summed E-state index contributed by atoms with van der Waals surface area (Å²) < 4.78 is 35.3. The SMILES string of the molecule is CCc1cc(OC)ccc1Nc1nc(=O)n(Cc2ccc[nH]c2=O)c(=O)n1Cc1cc(C)c(F)c(F)c1. The van der Waals surface area contributed by atoms with E-state index in [1.54, 1.807) is 25.3 Å². The summed E-state index contributed by atoms with van der Waals surface area (Å²) in [5.74, 6) is -1.49. The molecule has 9 nitrogen and oxygen atoms in total. The van der Waals surface area contributed by atoms with Gasteiger partial charge >= 0.3 is 11.4 Å². The van der Waals surface area contributed by atoms with Gasteiger partial charge in [-0.05, 0) is 60.4 Å². The molecule has 0 saturated carbocycles. The highest BCUT2D eigenvalue weighted by Gasteiger charge is 2.18. The Balaban J connectivity index is 1.86. The number of H-pyrrole nitrogens is 1. The summed E-state index contributed by atoms with van der Waals surface area (Å²) in [6.45, 7) is 2.81. The number of aryl methyl sites for hydroxylation is 2. The number of ether oxygens (including phenoxy) is 1. The molecule has 2 aromatic heterocycles. The minimum atomic E-state index is -1.06. The summed E-state index contributed by atoms with van der Waals surface area (Å²) >= 11 is 0. The maximum Gasteiger partial charge on any atom is 0.355 e. The number of hydrogen-bond acceptors (Lipinski definition) is 6. The van der Waals surface area contributed by atoms with Crippen LogP contribution in [0.5, 0.6) is 5.75 Å². The number of rotatable bonds is 8. The summed E-state index contributed by atoms with van der Waals surface area (Å²) in [6.07, 6.45) is 2.05. The van der Waals surface area contributed by atoms with Crippen molar-refractivity contribution in [1.29, 1.82) is 0 Å². The molecular weight excluding hydrogens is 484 g/mol. The molecule has 4 rings (SSSR count). The second kappa shape index (κ2) is 10.6. The van der Waals surface area contributed by atoms with Crippen LogP contribution in [0.4, 0.5) is 20.4 Å². The molecule has 2 N–H and O–H groups in total. The van der Waals surface area contributed by atoms with Gasteiger partial charge in [0.15, 0.2) is 11.6 Å². The molecule has 0 bridgehead atoms. The Morgan fingerprint density at radius 2 is 1.81 bits per heavy atom. The Labute approximate surface area is 210 Å². The molecule has 0 spiro atoms. The highest BCUT2D eigenvalue weighted by molar-refractivity contribution is 5.60. The summed E-state index contributed by atoms with van der Waals surface area (Å²) in [4.78, 5) is 45.2. The molecule has 0 radical (unpaired) electrons. The van der Waals surface area contributed by atoms with Gasteiger partial charge in [0.2, 0.25) is 5.95 Å². The van der Waals surface area contributed by atoms with Crippen molar-refractivity contribution in [2.24, 2.45) is 0 Å². The third kappa shape index (κ3) is 5.35. The zero-order chi connectivity index (χ0) is 26.7. The van der Waals surface area contributed by atoms with E-state index in [9.17, 15) is 23.2 Å². The summed E-state index contributed by atoms with van der Waals surface area (Å²) in [5, 5.41) is 3.04. The molecule has 0 aliphatic heterocycles. The first-order chi connectivity index (χ1) is 17.7. The van der Waals surface area contributed by atoms with Gasteiger partial charge in [-0.3, -0.25) is 9.36 Å². The molecule has 37 heavy (non-hydrogen) atoms. The van der Waals surface area contributed by atoms with Gasteiger partial charge in [0.1, 0.15) is 5.75 Å². The molecule has 0 atom stereocenters. The molecule has 0 saturated heterocycles. The quantitative estimate of drug-likeness (QED) is 0.378. The maximum atomic E-state index is 14.1. The highest BCUT2D eigenvalue weighted by Crippen LogP contribution is 2.25. The van der Waals surface area contributed by atoms with E-state index >= 15 is 0 Å². The smallest absolute Gasteiger partial charge is 0.355 e. The molecule has 2 heterocycles. The van der Waals surface area contributed by atoms with Gasteiger partial charge in [-0.25, -0.2) is 22.9 Å². The number of methoxy groups -OCH3 is 1. The van der Waals surface area contributed by atoms with Crippen LogP contribution in [0.15, 0.2) is 63.0 Å². The average molecular weight is 510 g/mol. The molecule has 11 heteroatoms. The van der Waals surface area contributed by atoms with Crippen LogP contribution >= 0.6 is 0 Å². The molecular formula is C26H25F2N5O4. The van der Waals surface area contributed by atoms with Crippen molar-refractivity contribution in [3.05, 3.63) is 114 Å². The van der Waals surface area contributed by atoms with E-state index in [2.05, 4.69) is 15.3 Å². The number of aromatic amines is 1. The number of pyridine rings is 1. The first kappa shape index (κ1) is 25.5. The lowest BCUT2D eigenvalue weighted by molar-refractivity contribution is 0.414. The molecule has 0 fully saturated rings. The summed E-state index contributed by atoms with van der Waals surface area (Å²) in [7, 11) is 1.54. The second-order valence-corrected chi connectivity index (χ2v) is 8.41. The van der Waals surface area contributed by atoms with Crippen molar-refractivity contribution in [2.45, 2.75) is 33.4 Å². The van der Waals surface area contributed by atoms with Crippen LogP contribution in [0.2, 0.25) is 0 Å². The Hall–Kier alpha value is -4.54. The Morgan fingerprint density at radius 3 is 2.49 bits per heavy atom. The van der Waals surface area contributed by atoms with Crippen LogP contribution < -0.4 is 27.0 Å². The first-order valence-corrected chi connectivity index (χ1v) is 11.5. The van der Waals surface area contributed by atoms with E-state index in [4.69, 9.17) is 4.74 Å². The first-order valence-electron chi connectivity index (χ1n) is 11.5. The van der Waals surface area contributed by atoms with Crippen molar-refractivity contribution in [2.75, 3.05) is 12.4 Å². The fourth-order valence-corrected chi connectivity index (χ4v) is 3.96. The fraction of sp³-hybridized carbons (Fsp3) is 0.231. The topological polar surface area (TPSA) is 111 Å². The van der Waals surface area contributed by atoms with Crippen LogP contribution in [0.25, 0.3) is 0 Å². The summed E-state index contributed by atoms with van der Waals surface area (Å²) in [5.41, 5.74) is -0.146. The molecule has 0 aliphatic carbocycles. The number of halogens is 2. The lowest BCUT2D eigenvalue weighted by atomic mass is 10.1. The third-order valence-electron chi connectivity index (χ3n) is 5.93. The number of hydrogen-bond donors (Lipinski definition) is 2. The minimum Gasteiger partial charge on any atom is -0.497 e. The zero-order valence-corrected chi connectivity index (χ0v) is 20.5. The maximum absolute atomic E-state index is 14.1. The lowest BCUT2D eigenvalue weighted by Gasteiger charge is -2.18. The standard InChI is InChI=1S/C26H25F2N5O4/c1-4-17-12-19(37-3)7-8-21(17)30-24-31-25(35)33(14-18-6-5-9-29-23(18)34)26(36)32(24)13-16-10-15(2)22(28)20(27)11-16/h5-12H,4,13-14H2,1-3H3,(H,29,34)(H,30,31,35). The number of nitrogens with one attached hydrogen (secondary N) is 2. The number of benzene rings is 2. The van der Waals surface area contributed by atoms with Gasteiger partial charge in [0, 0.05) is 17.4 Å². The van der Waals surface area contributed by atoms with Crippen molar-refractivity contribution < 1.29 is 13.5 Å². The number of aromatic nitrogens is 4. The second-order valence-electron chi connectivity index (χ2n) is 8.41. The van der Waals surface area contributed by atoms with Gasteiger partial charge < -0.3 is 15.0 Å². The van der Waals surface area contributed by atoms with Crippen LogP contribution in [-0.2, 0) is 19.5 Å². The van der Waals surface area contributed by atoms with E-state index in [-0.39, 0.29) is 35.7 Å².